The number of rotatable bonds is 6. The highest BCUT2D eigenvalue weighted by molar-refractivity contribution is 5.41. The third kappa shape index (κ3) is 4.11. The molecule has 0 amide bonds. The van der Waals surface area contributed by atoms with Gasteiger partial charge in [0.15, 0.2) is 0 Å². The number of hydrogen-bond acceptors (Lipinski definition) is 6. The highest BCUT2D eigenvalue weighted by Gasteiger charge is 2.02. The average Bonchev–Trinajstić information content (AvgIpc) is 2.44. The smallest absolute Gasteiger partial charge is 0.225 e. The van der Waals surface area contributed by atoms with E-state index in [0.29, 0.717) is 18.3 Å². The maximum atomic E-state index is 5.53. The number of hydrogen-bond donors (Lipinski definition) is 3. The molecule has 0 bridgehead atoms. The van der Waals surface area contributed by atoms with Crippen LogP contribution >= 0.6 is 0 Å². The van der Waals surface area contributed by atoms with Crippen LogP contribution in [0.5, 0.6) is 5.88 Å². The standard InChI is InChI=1S/C13H17N5O/c14-13-16-11(18-15)9-12(17-13)19-8-4-7-10-5-2-1-3-6-10/h1-3,5-6,9H,4,7-8,15H2,(H3,14,16,17,18). The van der Waals surface area contributed by atoms with Crippen molar-refractivity contribution in [1.82, 2.24) is 9.97 Å². The summed E-state index contributed by atoms with van der Waals surface area (Å²) in [4.78, 5) is 7.85. The first-order chi connectivity index (χ1) is 9.28. The molecule has 5 N–H and O–H groups in total. The summed E-state index contributed by atoms with van der Waals surface area (Å²) in [6.45, 7) is 0.565. The molecular weight excluding hydrogens is 242 g/mol. The zero-order chi connectivity index (χ0) is 13.5. The summed E-state index contributed by atoms with van der Waals surface area (Å²) in [7, 11) is 0. The van der Waals surface area contributed by atoms with Crippen LogP contribution in [0.3, 0.4) is 0 Å². The molecule has 6 heteroatoms. The largest absolute Gasteiger partial charge is 0.477 e. The molecule has 2 rings (SSSR count). The molecule has 0 aliphatic heterocycles. The fraction of sp³-hybridized carbons (Fsp3) is 0.231. The van der Waals surface area contributed by atoms with E-state index in [-0.39, 0.29) is 5.95 Å². The van der Waals surface area contributed by atoms with Gasteiger partial charge in [0.1, 0.15) is 5.82 Å². The van der Waals surface area contributed by atoms with Crippen LogP contribution in [0.15, 0.2) is 36.4 Å². The van der Waals surface area contributed by atoms with E-state index in [1.54, 1.807) is 6.07 Å². The third-order valence-corrected chi connectivity index (χ3v) is 2.57. The van der Waals surface area contributed by atoms with Crippen LogP contribution in [-0.2, 0) is 6.42 Å². The van der Waals surface area contributed by atoms with Gasteiger partial charge in [0, 0.05) is 6.07 Å². The lowest BCUT2D eigenvalue weighted by molar-refractivity contribution is 0.299. The Labute approximate surface area is 111 Å². The van der Waals surface area contributed by atoms with Crippen molar-refractivity contribution in [3.63, 3.8) is 0 Å². The molecule has 0 radical (unpaired) electrons. The minimum absolute atomic E-state index is 0.133. The topological polar surface area (TPSA) is 99.1 Å². The van der Waals surface area contributed by atoms with E-state index in [9.17, 15) is 0 Å². The fourth-order valence-corrected chi connectivity index (χ4v) is 1.69. The normalized spacial score (nSPS) is 10.2. The molecule has 0 fully saturated rings. The number of nitrogens with zero attached hydrogens (tertiary/aromatic N) is 2. The number of anilines is 2. The van der Waals surface area contributed by atoms with Gasteiger partial charge in [0.2, 0.25) is 11.8 Å². The molecule has 0 aliphatic carbocycles. The Balaban J connectivity index is 1.81. The number of hydrazine groups is 1. The zero-order valence-electron chi connectivity index (χ0n) is 10.5. The number of nitrogens with one attached hydrogen (secondary N) is 1. The van der Waals surface area contributed by atoms with Gasteiger partial charge in [-0.15, -0.1) is 0 Å². The molecule has 0 saturated carbocycles. The molecular formula is C13H17N5O. The number of ether oxygens (including phenoxy) is 1. The van der Waals surface area contributed by atoms with Gasteiger partial charge in [-0.1, -0.05) is 30.3 Å². The molecule has 2 aromatic rings. The minimum Gasteiger partial charge on any atom is -0.477 e. The van der Waals surface area contributed by atoms with Crippen molar-refractivity contribution in [3.05, 3.63) is 42.0 Å². The number of benzene rings is 1. The molecule has 0 spiro atoms. The molecule has 6 nitrogen and oxygen atoms in total. The van der Waals surface area contributed by atoms with Gasteiger partial charge < -0.3 is 15.9 Å². The van der Waals surface area contributed by atoms with Gasteiger partial charge in [-0.05, 0) is 18.4 Å². The molecule has 0 aliphatic rings. The summed E-state index contributed by atoms with van der Waals surface area (Å²) in [6.07, 6.45) is 1.86. The first kappa shape index (κ1) is 13.1. The SMILES string of the molecule is NNc1cc(OCCCc2ccccc2)nc(N)n1. The predicted molar refractivity (Wildman–Crippen MR) is 74.5 cm³/mol. The summed E-state index contributed by atoms with van der Waals surface area (Å²) >= 11 is 0. The van der Waals surface area contributed by atoms with Crippen molar-refractivity contribution in [3.8, 4) is 5.88 Å². The Kier molecular flexibility index (Phi) is 4.52. The molecule has 1 heterocycles. The Morgan fingerprint density at radius 1 is 1.16 bits per heavy atom. The van der Waals surface area contributed by atoms with Gasteiger partial charge in [-0.2, -0.15) is 9.97 Å². The van der Waals surface area contributed by atoms with Crippen LogP contribution in [0.1, 0.15) is 12.0 Å². The van der Waals surface area contributed by atoms with Crippen LogP contribution in [0.2, 0.25) is 0 Å². The lowest BCUT2D eigenvalue weighted by Gasteiger charge is -2.07. The maximum Gasteiger partial charge on any atom is 0.225 e. The van der Waals surface area contributed by atoms with E-state index >= 15 is 0 Å². The van der Waals surface area contributed by atoms with E-state index in [0.717, 1.165) is 12.8 Å². The molecule has 19 heavy (non-hydrogen) atoms. The van der Waals surface area contributed by atoms with Crippen LogP contribution in [0.4, 0.5) is 11.8 Å². The van der Waals surface area contributed by atoms with E-state index in [4.69, 9.17) is 16.3 Å². The molecule has 0 saturated heterocycles. The summed E-state index contributed by atoms with van der Waals surface area (Å²) in [5.74, 6) is 6.26. The monoisotopic (exact) mass is 259 g/mol. The first-order valence-electron chi connectivity index (χ1n) is 6.06. The van der Waals surface area contributed by atoms with Gasteiger partial charge in [0.05, 0.1) is 6.61 Å². The second kappa shape index (κ2) is 6.55. The van der Waals surface area contributed by atoms with Crippen molar-refractivity contribution < 1.29 is 4.74 Å². The molecule has 1 aromatic carbocycles. The minimum atomic E-state index is 0.133. The molecule has 0 unspecified atom stereocenters. The Morgan fingerprint density at radius 2 is 1.95 bits per heavy atom. The molecule has 100 valence electrons. The lowest BCUT2D eigenvalue weighted by Crippen LogP contribution is -2.11. The molecule has 0 atom stereocenters. The quantitative estimate of drug-likeness (QED) is 0.411. The Bertz CT molecular complexity index is 518. The van der Waals surface area contributed by atoms with Gasteiger partial charge in [0.25, 0.3) is 0 Å². The van der Waals surface area contributed by atoms with Crippen molar-refractivity contribution in [2.45, 2.75) is 12.8 Å². The number of aryl methyl sites for hydroxylation is 1. The number of nitrogen functional groups attached to an aromatic ring is 2. The Hall–Kier alpha value is -2.34. The average molecular weight is 259 g/mol. The Morgan fingerprint density at radius 3 is 2.68 bits per heavy atom. The van der Waals surface area contributed by atoms with Crippen molar-refractivity contribution >= 4 is 11.8 Å². The summed E-state index contributed by atoms with van der Waals surface area (Å²) in [5.41, 5.74) is 9.24. The second-order valence-electron chi connectivity index (χ2n) is 4.03. The van der Waals surface area contributed by atoms with Crippen molar-refractivity contribution in [2.75, 3.05) is 17.8 Å². The van der Waals surface area contributed by atoms with Gasteiger partial charge in [-0.25, -0.2) is 5.84 Å². The van der Waals surface area contributed by atoms with Crippen LogP contribution in [0.25, 0.3) is 0 Å². The van der Waals surface area contributed by atoms with Gasteiger partial charge >= 0.3 is 0 Å². The van der Waals surface area contributed by atoms with Crippen molar-refractivity contribution in [1.29, 1.82) is 0 Å². The van der Waals surface area contributed by atoms with Gasteiger partial charge in [-0.3, -0.25) is 0 Å². The zero-order valence-corrected chi connectivity index (χ0v) is 10.5. The first-order valence-corrected chi connectivity index (χ1v) is 6.06. The molecule has 1 aromatic heterocycles. The van der Waals surface area contributed by atoms with E-state index in [1.165, 1.54) is 5.56 Å². The van der Waals surface area contributed by atoms with Crippen LogP contribution < -0.4 is 21.7 Å². The predicted octanol–water partition coefficient (Wildman–Crippen LogP) is 1.36. The van der Waals surface area contributed by atoms with Crippen LogP contribution in [0, 0.1) is 0 Å². The van der Waals surface area contributed by atoms with E-state index < -0.39 is 0 Å². The second-order valence-corrected chi connectivity index (χ2v) is 4.03. The van der Waals surface area contributed by atoms with E-state index in [1.807, 2.05) is 18.2 Å². The highest BCUT2D eigenvalue weighted by Crippen LogP contribution is 2.14. The maximum absolute atomic E-state index is 5.53. The van der Waals surface area contributed by atoms with E-state index in [2.05, 4.69) is 27.5 Å². The van der Waals surface area contributed by atoms with Crippen molar-refractivity contribution in [2.24, 2.45) is 5.84 Å². The highest BCUT2D eigenvalue weighted by atomic mass is 16.5. The third-order valence-electron chi connectivity index (χ3n) is 2.57. The summed E-state index contributed by atoms with van der Waals surface area (Å²) < 4.78 is 5.52. The van der Waals surface area contributed by atoms with Crippen LogP contribution in [-0.4, -0.2) is 16.6 Å². The number of nitrogens with two attached hydrogens (primary N) is 2. The number of aromatic nitrogens is 2. The fourth-order valence-electron chi connectivity index (χ4n) is 1.69. The summed E-state index contributed by atoms with van der Waals surface area (Å²) in [6, 6.07) is 11.9. The lowest BCUT2D eigenvalue weighted by atomic mass is 10.1. The summed E-state index contributed by atoms with van der Waals surface area (Å²) in [5, 5.41) is 0.